The van der Waals surface area contributed by atoms with Gasteiger partial charge in [0.25, 0.3) is 11.5 Å². The fourth-order valence-electron chi connectivity index (χ4n) is 3.71. The first-order valence-electron chi connectivity index (χ1n) is 12.1. The van der Waals surface area contributed by atoms with Gasteiger partial charge < -0.3 is 20.5 Å². The van der Waals surface area contributed by atoms with E-state index in [2.05, 4.69) is 15.6 Å². The van der Waals surface area contributed by atoms with Gasteiger partial charge in [0.2, 0.25) is 5.91 Å². The molecule has 2 heterocycles. The van der Waals surface area contributed by atoms with Crippen molar-refractivity contribution < 1.29 is 33.0 Å². The van der Waals surface area contributed by atoms with Crippen LogP contribution in [-0.2, 0) is 27.5 Å². The Kier molecular flexibility index (Phi) is 10.1. The summed E-state index contributed by atoms with van der Waals surface area (Å²) in [7, 11) is 0.996. The minimum Gasteiger partial charge on any atom is -0.444 e. The molecule has 0 spiro atoms. The quantitative estimate of drug-likeness (QED) is 0.273. The molecule has 214 valence electrons. The highest BCUT2D eigenvalue weighted by Gasteiger charge is 2.50. The first-order valence-corrected chi connectivity index (χ1v) is 13.0. The highest BCUT2D eigenvalue weighted by atomic mass is 32.1. The minimum absolute atomic E-state index is 0.0520. The van der Waals surface area contributed by atoms with Crippen LogP contribution < -0.4 is 21.5 Å². The standard InChI is InChI=1S/C26H29F2N5O6S/c1-15(2)20(21(35)26(27,28)24(37)29-3)32-19(34)13-33-22(18-10-7-11-40-18)30-12-17(23(33)36)31-25(38)39-14-16-8-5-4-6-9-16/h4-12,15,20-21,35H,13-14H2,1-3H3,(H,29,37)(H,31,38)(H,32,34). The fraction of sp³-hybridized carbons (Fsp3) is 0.346. The molecule has 11 nitrogen and oxygen atoms in total. The SMILES string of the molecule is CNC(=O)C(F)(F)C(O)C(NC(=O)Cn1c(-c2cccs2)ncc(NC(=O)OCc2ccccc2)c1=O)C(C)C. The van der Waals surface area contributed by atoms with E-state index < -0.39 is 54.0 Å². The monoisotopic (exact) mass is 577 g/mol. The number of carbonyl (C=O) groups excluding carboxylic acids is 3. The maximum Gasteiger partial charge on any atom is 0.412 e. The zero-order valence-electron chi connectivity index (χ0n) is 21.9. The third kappa shape index (κ3) is 7.27. The molecule has 40 heavy (non-hydrogen) atoms. The average molecular weight is 578 g/mol. The summed E-state index contributed by atoms with van der Waals surface area (Å²) in [6.07, 6.45) is -2.35. The average Bonchev–Trinajstić information content (AvgIpc) is 3.47. The molecule has 1 aromatic carbocycles. The number of alkyl halides is 2. The summed E-state index contributed by atoms with van der Waals surface area (Å²) in [4.78, 5) is 55.0. The van der Waals surface area contributed by atoms with Gasteiger partial charge in [0, 0.05) is 7.05 Å². The summed E-state index contributed by atoms with van der Waals surface area (Å²) in [5, 5.41) is 18.4. The van der Waals surface area contributed by atoms with E-state index in [4.69, 9.17) is 4.74 Å². The summed E-state index contributed by atoms with van der Waals surface area (Å²) in [5.74, 6) is -7.43. The van der Waals surface area contributed by atoms with E-state index in [0.717, 1.165) is 23.4 Å². The number of aromatic nitrogens is 2. The van der Waals surface area contributed by atoms with Crippen LogP contribution in [-0.4, -0.2) is 57.7 Å². The normalized spacial score (nSPS) is 12.9. The first-order chi connectivity index (χ1) is 18.9. The van der Waals surface area contributed by atoms with Crippen LogP contribution in [0.15, 0.2) is 58.8 Å². The van der Waals surface area contributed by atoms with E-state index in [1.54, 1.807) is 53.2 Å². The Morgan fingerprint density at radius 2 is 1.85 bits per heavy atom. The van der Waals surface area contributed by atoms with E-state index in [-0.39, 0.29) is 18.1 Å². The molecule has 2 atom stereocenters. The van der Waals surface area contributed by atoms with E-state index in [0.29, 0.717) is 4.88 Å². The van der Waals surface area contributed by atoms with Crippen LogP contribution in [0.3, 0.4) is 0 Å². The Bertz CT molecular complexity index is 1380. The molecule has 0 fully saturated rings. The summed E-state index contributed by atoms with van der Waals surface area (Å²) in [5.41, 5.74) is -0.359. The van der Waals surface area contributed by atoms with Gasteiger partial charge in [-0.1, -0.05) is 50.2 Å². The number of ether oxygens (including phenoxy) is 1. The maximum atomic E-state index is 14.4. The number of carbonyl (C=O) groups is 3. The molecular formula is C26H29F2N5O6S. The van der Waals surface area contributed by atoms with Crippen molar-refractivity contribution in [2.75, 3.05) is 12.4 Å². The highest BCUT2D eigenvalue weighted by Crippen LogP contribution is 2.25. The van der Waals surface area contributed by atoms with Gasteiger partial charge in [0.15, 0.2) is 5.82 Å². The molecule has 0 aliphatic heterocycles. The summed E-state index contributed by atoms with van der Waals surface area (Å²) in [6, 6.07) is 10.7. The number of rotatable bonds is 11. The number of anilines is 1. The lowest BCUT2D eigenvalue weighted by atomic mass is 9.93. The highest BCUT2D eigenvalue weighted by molar-refractivity contribution is 7.13. The van der Waals surface area contributed by atoms with Crippen molar-refractivity contribution in [2.24, 2.45) is 5.92 Å². The van der Waals surface area contributed by atoms with Gasteiger partial charge in [-0.25, -0.2) is 9.78 Å². The van der Waals surface area contributed by atoms with Gasteiger partial charge in [0.05, 0.1) is 17.1 Å². The van der Waals surface area contributed by atoms with E-state index >= 15 is 0 Å². The van der Waals surface area contributed by atoms with Crippen LogP contribution in [0.25, 0.3) is 10.7 Å². The molecule has 14 heteroatoms. The van der Waals surface area contributed by atoms with Crippen molar-refractivity contribution in [2.45, 2.75) is 45.1 Å². The second-order valence-corrected chi connectivity index (χ2v) is 9.98. The van der Waals surface area contributed by atoms with Crippen LogP contribution in [0, 0.1) is 5.92 Å². The molecule has 0 bridgehead atoms. The van der Waals surface area contributed by atoms with Gasteiger partial charge in [-0.05, 0) is 22.9 Å². The molecule has 0 aliphatic carbocycles. The van der Waals surface area contributed by atoms with E-state index in [9.17, 15) is 33.1 Å². The number of halogens is 2. The number of aliphatic hydroxyl groups excluding tert-OH is 1. The number of hydrogen-bond donors (Lipinski definition) is 4. The number of aliphatic hydroxyl groups is 1. The van der Waals surface area contributed by atoms with Gasteiger partial charge in [-0.3, -0.25) is 24.3 Å². The summed E-state index contributed by atoms with van der Waals surface area (Å²) >= 11 is 1.23. The number of amides is 3. The zero-order chi connectivity index (χ0) is 29.4. The van der Waals surface area contributed by atoms with Crippen LogP contribution in [0.5, 0.6) is 0 Å². The predicted molar refractivity (Wildman–Crippen MR) is 144 cm³/mol. The lowest BCUT2D eigenvalue weighted by Gasteiger charge is -2.31. The number of thiophene rings is 1. The molecule has 0 radical (unpaired) electrons. The Labute approximate surface area is 232 Å². The van der Waals surface area contributed by atoms with Crippen LogP contribution >= 0.6 is 11.3 Å². The Balaban J connectivity index is 1.84. The van der Waals surface area contributed by atoms with Crippen molar-refractivity contribution in [3.05, 3.63) is 70.0 Å². The second-order valence-electron chi connectivity index (χ2n) is 9.04. The molecule has 0 aliphatic rings. The van der Waals surface area contributed by atoms with Crippen molar-refractivity contribution in [1.29, 1.82) is 0 Å². The van der Waals surface area contributed by atoms with Crippen molar-refractivity contribution in [3.63, 3.8) is 0 Å². The maximum absolute atomic E-state index is 14.4. The number of benzene rings is 1. The zero-order valence-corrected chi connectivity index (χ0v) is 22.7. The molecule has 4 N–H and O–H groups in total. The number of hydrogen-bond acceptors (Lipinski definition) is 8. The molecule has 3 amide bonds. The van der Waals surface area contributed by atoms with Gasteiger partial charge in [-0.15, -0.1) is 11.3 Å². The van der Waals surface area contributed by atoms with E-state index in [1.807, 2.05) is 0 Å². The van der Waals surface area contributed by atoms with Crippen LogP contribution in [0.1, 0.15) is 19.4 Å². The Morgan fingerprint density at radius 1 is 1.15 bits per heavy atom. The molecular weight excluding hydrogens is 548 g/mol. The topological polar surface area (TPSA) is 152 Å². The summed E-state index contributed by atoms with van der Waals surface area (Å²) in [6.45, 7) is 2.22. The van der Waals surface area contributed by atoms with Crippen molar-refractivity contribution in [3.8, 4) is 10.7 Å². The van der Waals surface area contributed by atoms with Crippen LogP contribution in [0.2, 0.25) is 0 Å². The minimum atomic E-state index is -4.19. The molecule has 3 aromatic rings. The van der Waals surface area contributed by atoms with Gasteiger partial charge in [0.1, 0.15) is 24.9 Å². The van der Waals surface area contributed by atoms with Gasteiger partial charge in [-0.2, -0.15) is 8.78 Å². The van der Waals surface area contributed by atoms with E-state index in [1.165, 1.54) is 25.2 Å². The Morgan fingerprint density at radius 3 is 2.45 bits per heavy atom. The van der Waals surface area contributed by atoms with Crippen molar-refractivity contribution in [1.82, 2.24) is 20.2 Å². The molecule has 0 saturated carbocycles. The second kappa shape index (κ2) is 13.3. The first kappa shape index (κ1) is 30.4. The predicted octanol–water partition coefficient (Wildman–Crippen LogP) is 2.60. The third-order valence-electron chi connectivity index (χ3n) is 5.83. The third-order valence-corrected chi connectivity index (χ3v) is 6.69. The Hall–Kier alpha value is -4.17. The summed E-state index contributed by atoms with van der Waals surface area (Å²) < 4.78 is 35.0. The number of nitrogens with one attached hydrogen (secondary N) is 3. The molecule has 0 saturated heterocycles. The number of nitrogens with zero attached hydrogens (tertiary/aromatic N) is 2. The van der Waals surface area contributed by atoms with Gasteiger partial charge >= 0.3 is 12.0 Å². The largest absolute Gasteiger partial charge is 0.444 e. The molecule has 3 rings (SSSR count). The van der Waals surface area contributed by atoms with Crippen molar-refractivity contribution >= 4 is 34.9 Å². The molecule has 2 unspecified atom stereocenters. The lowest BCUT2D eigenvalue weighted by molar-refractivity contribution is -0.168. The fourth-order valence-corrected chi connectivity index (χ4v) is 4.44. The lowest BCUT2D eigenvalue weighted by Crippen LogP contribution is -2.59. The molecule has 2 aromatic heterocycles. The smallest absolute Gasteiger partial charge is 0.412 e. The van der Waals surface area contributed by atoms with Crippen LogP contribution in [0.4, 0.5) is 19.3 Å².